The van der Waals surface area contributed by atoms with Crippen molar-refractivity contribution in [2.45, 2.75) is 32.2 Å². The highest BCUT2D eigenvalue weighted by Crippen LogP contribution is 2.26. The Morgan fingerprint density at radius 3 is 2.59 bits per heavy atom. The van der Waals surface area contributed by atoms with Gasteiger partial charge in [0.25, 0.3) is 0 Å². The van der Waals surface area contributed by atoms with Crippen molar-refractivity contribution in [2.24, 2.45) is 11.7 Å². The third-order valence-corrected chi connectivity index (χ3v) is 3.69. The molecular formula is C15H24N2. The van der Waals surface area contributed by atoms with Crippen molar-refractivity contribution >= 4 is 0 Å². The smallest absolute Gasteiger partial charge is 0.0249 e. The van der Waals surface area contributed by atoms with Gasteiger partial charge in [-0.1, -0.05) is 44.2 Å². The fourth-order valence-electron chi connectivity index (χ4n) is 2.59. The first-order valence-electron chi connectivity index (χ1n) is 6.69. The molecular weight excluding hydrogens is 208 g/mol. The first-order chi connectivity index (χ1) is 8.16. The van der Waals surface area contributed by atoms with Crippen LogP contribution in [-0.4, -0.2) is 30.6 Å². The van der Waals surface area contributed by atoms with Crippen LogP contribution in [0.25, 0.3) is 0 Å². The zero-order valence-electron chi connectivity index (χ0n) is 11.0. The Morgan fingerprint density at radius 2 is 1.94 bits per heavy atom. The summed E-state index contributed by atoms with van der Waals surface area (Å²) in [5, 5.41) is 0. The van der Waals surface area contributed by atoms with Crippen molar-refractivity contribution in [3.63, 3.8) is 0 Å². The number of hydrogen-bond donors (Lipinski definition) is 1. The molecule has 0 aromatic heterocycles. The van der Waals surface area contributed by atoms with Gasteiger partial charge in [-0.05, 0) is 24.4 Å². The summed E-state index contributed by atoms with van der Waals surface area (Å²) in [6.07, 6.45) is 1.27. The van der Waals surface area contributed by atoms with E-state index in [1.54, 1.807) is 0 Å². The van der Waals surface area contributed by atoms with Crippen LogP contribution in [0.4, 0.5) is 0 Å². The fraction of sp³-hybridized carbons (Fsp3) is 0.600. The molecule has 1 aromatic rings. The predicted molar refractivity (Wildman–Crippen MR) is 73.1 cm³/mol. The Kier molecular flexibility index (Phi) is 4.19. The summed E-state index contributed by atoms with van der Waals surface area (Å²) in [5.74, 6) is 1.30. The minimum Gasteiger partial charge on any atom is -0.326 e. The lowest BCUT2D eigenvalue weighted by Crippen LogP contribution is -2.29. The zero-order chi connectivity index (χ0) is 12.3. The molecule has 0 unspecified atom stereocenters. The average molecular weight is 232 g/mol. The Balaban J connectivity index is 1.94. The van der Waals surface area contributed by atoms with Crippen LogP contribution in [0.2, 0.25) is 0 Å². The van der Waals surface area contributed by atoms with Gasteiger partial charge in [-0.25, -0.2) is 0 Å². The molecule has 1 aliphatic heterocycles. The van der Waals surface area contributed by atoms with Gasteiger partial charge >= 0.3 is 0 Å². The second-order valence-electron chi connectivity index (χ2n) is 5.62. The van der Waals surface area contributed by atoms with E-state index in [0.717, 1.165) is 19.0 Å². The molecule has 2 heteroatoms. The van der Waals surface area contributed by atoms with Crippen LogP contribution in [0.5, 0.6) is 0 Å². The number of nitrogens with two attached hydrogens (primary N) is 1. The van der Waals surface area contributed by atoms with E-state index in [1.165, 1.54) is 18.5 Å². The summed E-state index contributed by atoms with van der Waals surface area (Å²) in [7, 11) is 0. The molecule has 17 heavy (non-hydrogen) atoms. The summed E-state index contributed by atoms with van der Waals surface area (Å²) in [5.41, 5.74) is 7.66. The van der Waals surface area contributed by atoms with E-state index in [1.807, 2.05) is 0 Å². The van der Waals surface area contributed by atoms with Crippen molar-refractivity contribution in [1.29, 1.82) is 0 Å². The topological polar surface area (TPSA) is 29.3 Å². The van der Waals surface area contributed by atoms with Gasteiger partial charge in [-0.3, -0.25) is 0 Å². The van der Waals surface area contributed by atoms with E-state index < -0.39 is 0 Å². The Bertz CT molecular complexity index is 334. The van der Waals surface area contributed by atoms with E-state index in [2.05, 4.69) is 49.1 Å². The largest absolute Gasteiger partial charge is 0.326 e. The number of likely N-dealkylation sites (tertiary alicyclic amines) is 1. The standard InChI is InChI=1S/C15H24N2/c1-12(2)8-9-17-10-14(15(16)11-17)13-6-4-3-5-7-13/h3-7,12,14-15H,8-11,16H2,1-2H3/t14-,15+/m0/s1. The van der Waals surface area contributed by atoms with Crippen molar-refractivity contribution in [3.05, 3.63) is 35.9 Å². The molecule has 94 valence electrons. The maximum absolute atomic E-state index is 6.27. The highest BCUT2D eigenvalue weighted by molar-refractivity contribution is 5.23. The Morgan fingerprint density at radius 1 is 1.24 bits per heavy atom. The van der Waals surface area contributed by atoms with E-state index in [-0.39, 0.29) is 0 Å². The van der Waals surface area contributed by atoms with Crippen molar-refractivity contribution in [3.8, 4) is 0 Å². The monoisotopic (exact) mass is 232 g/mol. The van der Waals surface area contributed by atoms with Crippen LogP contribution in [-0.2, 0) is 0 Å². The maximum atomic E-state index is 6.27. The number of rotatable bonds is 4. The van der Waals surface area contributed by atoms with Crippen LogP contribution in [0.1, 0.15) is 31.7 Å². The molecule has 0 radical (unpaired) electrons. The third-order valence-electron chi connectivity index (χ3n) is 3.69. The van der Waals surface area contributed by atoms with Crippen LogP contribution in [0.3, 0.4) is 0 Å². The molecule has 1 aliphatic rings. The van der Waals surface area contributed by atoms with Crippen LogP contribution >= 0.6 is 0 Å². The zero-order valence-corrected chi connectivity index (χ0v) is 11.0. The predicted octanol–water partition coefficient (Wildman–Crippen LogP) is 2.46. The number of benzene rings is 1. The SMILES string of the molecule is CC(C)CCN1C[C@@H](N)[C@H](c2ccccc2)C1. The first-order valence-corrected chi connectivity index (χ1v) is 6.69. The highest BCUT2D eigenvalue weighted by Gasteiger charge is 2.30. The lowest BCUT2D eigenvalue weighted by molar-refractivity contribution is 0.307. The molecule has 1 fully saturated rings. The highest BCUT2D eigenvalue weighted by atomic mass is 15.2. The maximum Gasteiger partial charge on any atom is 0.0249 e. The van der Waals surface area contributed by atoms with Gasteiger partial charge in [0.15, 0.2) is 0 Å². The Labute approximate surface area is 105 Å². The van der Waals surface area contributed by atoms with Gasteiger partial charge in [0.2, 0.25) is 0 Å². The molecule has 2 atom stereocenters. The summed E-state index contributed by atoms with van der Waals surface area (Å²) in [6, 6.07) is 11.0. The molecule has 2 rings (SSSR count). The minimum atomic E-state index is 0.296. The van der Waals surface area contributed by atoms with E-state index >= 15 is 0 Å². The van der Waals surface area contributed by atoms with Gasteiger partial charge < -0.3 is 10.6 Å². The lowest BCUT2D eigenvalue weighted by Gasteiger charge is -2.17. The summed E-state index contributed by atoms with van der Waals surface area (Å²) < 4.78 is 0. The van der Waals surface area contributed by atoms with E-state index in [9.17, 15) is 0 Å². The average Bonchev–Trinajstić information content (AvgIpc) is 2.69. The molecule has 0 aliphatic carbocycles. The van der Waals surface area contributed by atoms with Crippen LogP contribution < -0.4 is 5.73 Å². The lowest BCUT2D eigenvalue weighted by atomic mass is 9.95. The van der Waals surface area contributed by atoms with Crippen molar-refractivity contribution in [2.75, 3.05) is 19.6 Å². The van der Waals surface area contributed by atoms with Gasteiger partial charge in [0.1, 0.15) is 0 Å². The molecule has 0 bridgehead atoms. The van der Waals surface area contributed by atoms with E-state index in [0.29, 0.717) is 12.0 Å². The van der Waals surface area contributed by atoms with Crippen molar-refractivity contribution < 1.29 is 0 Å². The molecule has 0 saturated carbocycles. The molecule has 2 N–H and O–H groups in total. The molecule has 2 nitrogen and oxygen atoms in total. The molecule has 1 heterocycles. The van der Waals surface area contributed by atoms with Gasteiger partial charge in [-0.2, -0.15) is 0 Å². The minimum absolute atomic E-state index is 0.296. The second kappa shape index (κ2) is 5.65. The number of hydrogen-bond acceptors (Lipinski definition) is 2. The summed E-state index contributed by atoms with van der Waals surface area (Å²) in [4.78, 5) is 2.52. The van der Waals surface area contributed by atoms with Gasteiger partial charge in [0, 0.05) is 25.0 Å². The first kappa shape index (κ1) is 12.6. The Hall–Kier alpha value is -0.860. The summed E-state index contributed by atoms with van der Waals surface area (Å²) in [6.45, 7) is 7.92. The van der Waals surface area contributed by atoms with Gasteiger partial charge in [-0.15, -0.1) is 0 Å². The molecule has 0 spiro atoms. The molecule has 0 amide bonds. The summed E-state index contributed by atoms with van der Waals surface area (Å²) >= 11 is 0. The third kappa shape index (κ3) is 3.30. The fourth-order valence-corrected chi connectivity index (χ4v) is 2.59. The second-order valence-corrected chi connectivity index (χ2v) is 5.62. The normalized spacial score (nSPS) is 25.6. The number of nitrogens with zero attached hydrogens (tertiary/aromatic N) is 1. The molecule has 1 aromatic carbocycles. The van der Waals surface area contributed by atoms with Crippen LogP contribution in [0, 0.1) is 5.92 Å². The van der Waals surface area contributed by atoms with Crippen molar-refractivity contribution in [1.82, 2.24) is 4.90 Å². The quantitative estimate of drug-likeness (QED) is 0.864. The van der Waals surface area contributed by atoms with E-state index in [4.69, 9.17) is 5.73 Å². The molecule has 1 saturated heterocycles. The van der Waals surface area contributed by atoms with Crippen LogP contribution in [0.15, 0.2) is 30.3 Å². The van der Waals surface area contributed by atoms with Gasteiger partial charge in [0.05, 0.1) is 0 Å².